The van der Waals surface area contributed by atoms with Crippen molar-refractivity contribution in [3.63, 3.8) is 0 Å². The van der Waals surface area contributed by atoms with Crippen LogP contribution in [0.2, 0.25) is 0 Å². The van der Waals surface area contributed by atoms with Gasteiger partial charge in [0, 0.05) is 19.3 Å². The zero-order valence-corrected chi connectivity index (χ0v) is 36.7. The van der Waals surface area contributed by atoms with E-state index >= 15 is 0 Å². The number of hydrogen-bond acceptors (Lipinski definition) is 7. The Morgan fingerprint density at radius 3 is 1.38 bits per heavy atom. The van der Waals surface area contributed by atoms with Gasteiger partial charge in [-0.25, -0.2) is 28.3 Å². The number of likely N-dealkylation sites (N-methyl/N-ethyl adjacent to an activating group) is 1. The third-order valence-electron chi connectivity index (χ3n) is 11.8. The lowest BCUT2D eigenvalue weighted by Gasteiger charge is -2.13. The van der Waals surface area contributed by atoms with E-state index in [1.165, 1.54) is 24.3 Å². The maximum atomic E-state index is 14.2. The van der Waals surface area contributed by atoms with Crippen molar-refractivity contribution in [1.29, 1.82) is 10.5 Å². The Labute approximate surface area is 397 Å². The van der Waals surface area contributed by atoms with Gasteiger partial charge in [0.25, 0.3) is 0 Å². The molecule has 0 aliphatic carbocycles. The van der Waals surface area contributed by atoms with Gasteiger partial charge in [-0.1, -0.05) is 82.1 Å². The molecule has 0 N–H and O–H groups in total. The first-order chi connectivity index (χ1) is 32.6. The summed E-state index contributed by atoms with van der Waals surface area (Å²) in [6.45, 7) is 6.45. The van der Waals surface area contributed by atoms with Crippen molar-refractivity contribution >= 4 is 50.3 Å². The molecule has 0 amide bonds. The molecule has 0 saturated carbocycles. The van der Waals surface area contributed by atoms with Gasteiger partial charge in [-0.05, 0) is 98.0 Å². The molecule has 0 aliphatic heterocycles. The van der Waals surface area contributed by atoms with Gasteiger partial charge in [-0.15, -0.1) is 0 Å². The van der Waals surface area contributed by atoms with E-state index < -0.39 is 11.6 Å². The molecule has 0 bridgehead atoms. The summed E-state index contributed by atoms with van der Waals surface area (Å²) < 4.78 is 39.0. The number of rotatable bonds is 12. The van der Waals surface area contributed by atoms with Crippen molar-refractivity contribution in [2.24, 2.45) is 0 Å². The van der Waals surface area contributed by atoms with E-state index in [4.69, 9.17) is 20.5 Å². The Hall–Kier alpha value is -8.66. The van der Waals surface area contributed by atoms with Crippen molar-refractivity contribution in [1.82, 2.24) is 42.3 Å². The third-order valence-corrected chi connectivity index (χ3v) is 11.8. The molecule has 0 saturated heterocycles. The van der Waals surface area contributed by atoms with E-state index in [1.807, 2.05) is 128 Å². The lowest BCUT2D eigenvalue weighted by atomic mass is 10.1. The topological polar surface area (TPSA) is 140 Å². The van der Waals surface area contributed by atoms with Crippen LogP contribution in [0.15, 0.2) is 150 Å². The van der Waals surface area contributed by atoms with Crippen LogP contribution in [0.25, 0.3) is 50.3 Å². The Kier molecular flexibility index (Phi) is 14.3. The van der Waals surface area contributed by atoms with Crippen LogP contribution in [0.5, 0.6) is 0 Å². The monoisotopic (exact) mass is 923 g/mol. The summed E-state index contributed by atoms with van der Waals surface area (Å²) in [5.41, 5.74) is 7.49. The van der Waals surface area contributed by atoms with Crippen molar-refractivity contribution in [3.8, 4) is 12.1 Å². The van der Waals surface area contributed by atoms with Gasteiger partial charge in [0.2, 0.25) is 0 Å². The maximum Gasteiger partial charge on any atom is 0.329 e. The van der Waals surface area contributed by atoms with Crippen LogP contribution in [0.4, 0.5) is 8.78 Å². The Bertz CT molecular complexity index is 3720. The Morgan fingerprint density at radius 2 is 0.942 bits per heavy atom. The number of nitrogens with zero attached hydrogens (tertiary/aromatic N) is 11. The number of imidazole rings is 4. The van der Waals surface area contributed by atoms with Gasteiger partial charge in [0.15, 0.2) is 0 Å². The predicted molar refractivity (Wildman–Crippen MR) is 269 cm³/mol. The summed E-state index contributed by atoms with van der Waals surface area (Å²) in [6, 6.07) is 43.3. The second-order valence-corrected chi connectivity index (χ2v) is 16.3. The molecule has 0 fully saturated rings. The fraction of sp³-hybridized carbons (Fsp3) is 0.185. The average molecular weight is 924 g/mol. The first-order valence-corrected chi connectivity index (χ1v) is 21.5. The molecule has 0 unspecified atom stereocenters. The summed E-state index contributed by atoms with van der Waals surface area (Å²) in [5.74, 6) is 0.316. The van der Waals surface area contributed by atoms with E-state index in [-0.39, 0.29) is 57.0 Å². The summed E-state index contributed by atoms with van der Waals surface area (Å²) in [6.07, 6.45) is 1.69. The summed E-state index contributed by atoms with van der Waals surface area (Å²) >= 11 is 0. The molecule has 69 heavy (non-hydrogen) atoms. The molecule has 10 aromatic rings. The summed E-state index contributed by atoms with van der Waals surface area (Å²) in [5, 5.41) is 18.0. The van der Waals surface area contributed by atoms with Gasteiger partial charge in [0.1, 0.15) is 35.4 Å². The summed E-state index contributed by atoms with van der Waals surface area (Å²) in [4.78, 5) is 38.7. The van der Waals surface area contributed by atoms with Crippen LogP contribution in [0.3, 0.4) is 0 Å². The lowest BCUT2D eigenvalue weighted by molar-refractivity contribution is 0.382. The molecule has 4 heterocycles. The van der Waals surface area contributed by atoms with Crippen LogP contribution in [0.1, 0.15) is 48.8 Å². The van der Waals surface area contributed by atoms with Crippen LogP contribution in [0, 0.1) is 34.3 Å². The molecule has 0 atom stereocenters. The van der Waals surface area contributed by atoms with E-state index in [0.717, 1.165) is 63.0 Å². The van der Waals surface area contributed by atoms with Crippen LogP contribution in [-0.2, 0) is 32.7 Å². The van der Waals surface area contributed by atoms with Crippen molar-refractivity contribution in [3.05, 3.63) is 207 Å². The molecule has 10 rings (SSSR count). The highest BCUT2D eigenvalue weighted by atomic mass is 19.1. The number of para-hydroxylation sites is 8. The fourth-order valence-electron chi connectivity index (χ4n) is 8.50. The molecule has 0 radical (unpaired) electrons. The molecular formula is C54H51F2N11O2. The highest BCUT2D eigenvalue weighted by molar-refractivity contribution is 5.80. The largest absolute Gasteiger partial charge is 0.329 e. The first kappa shape index (κ1) is 48.3. The van der Waals surface area contributed by atoms with Crippen LogP contribution < -0.4 is 11.4 Å². The Balaban J connectivity index is 0.000000199. The lowest BCUT2D eigenvalue weighted by Crippen LogP contribution is -2.27. The third kappa shape index (κ3) is 9.36. The van der Waals surface area contributed by atoms with E-state index in [2.05, 4.69) is 16.0 Å². The summed E-state index contributed by atoms with van der Waals surface area (Å²) in [7, 11) is 4.06. The molecule has 0 aliphatic rings. The number of aromatic nitrogens is 8. The molecule has 6 aromatic carbocycles. The second kappa shape index (κ2) is 20.5. The minimum Gasteiger partial charge on any atom is -0.325 e. The molecule has 348 valence electrons. The quantitative estimate of drug-likeness (QED) is 0.119. The maximum absolute atomic E-state index is 14.2. The number of nitriles is 2. The number of benzene rings is 6. The Morgan fingerprint density at radius 1 is 0.551 bits per heavy atom. The average Bonchev–Trinajstić information content (AvgIpc) is 4.03. The van der Waals surface area contributed by atoms with E-state index in [0.29, 0.717) is 23.5 Å². The standard InChI is InChI=1S/C27H25FN6O.C25H18FN5O.2CH4/c1-31(2)13-14-32-23-8-4-3-7-22(23)30-26(32)18-34-25-10-6-5-9-24(25)33(27(34)35)17-19-11-12-20(16-29)21(28)15-19;1-2-29-21-8-4-3-7-20(21)28-24(29)16-31-23-10-6-5-9-22(23)30(25(31)32)15-17-11-12-18(14-27)19(26)13-17;;/h3-12,15H,13-14,17-18H2,1-2H3;2-13H,1,15-16H2;2*1H4. The second-order valence-electron chi connectivity index (χ2n) is 16.3. The zero-order valence-electron chi connectivity index (χ0n) is 36.7. The highest BCUT2D eigenvalue weighted by Gasteiger charge is 2.20. The molecule has 4 aromatic heterocycles. The van der Waals surface area contributed by atoms with Crippen molar-refractivity contribution in [2.45, 2.75) is 47.6 Å². The van der Waals surface area contributed by atoms with Gasteiger partial charge in [0.05, 0.1) is 81.4 Å². The van der Waals surface area contributed by atoms with E-state index in [1.54, 1.807) is 36.6 Å². The van der Waals surface area contributed by atoms with E-state index in [9.17, 15) is 18.4 Å². The minimum atomic E-state index is -0.596. The van der Waals surface area contributed by atoms with Crippen LogP contribution >= 0.6 is 0 Å². The molecule has 13 nitrogen and oxygen atoms in total. The smallest absolute Gasteiger partial charge is 0.325 e. The zero-order chi connectivity index (χ0) is 46.8. The molecule has 15 heteroatoms. The van der Waals surface area contributed by atoms with Crippen molar-refractivity contribution < 1.29 is 8.78 Å². The molecule has 0 spiro atoms. The SMILES string of the molecule is C.C.C=Cn1c(Cn2c(=O)n(Cc3ccc(C#N)c(F)c3)c3ccccc32)nc2ccccc21.CN(C)CCn1c(Cn2c(=O)n(Cc3ccc(C#N)c(F)c3)c3ccccc32)nc2ccccc21. The number of halogens is 2. The minimum absolute atomic E-state index is 0. The van der Waals surface area contributed by atoms with Gasteiger partial charge >= 0.3 is 11.4 Å². The van der Waals surface area contributed by atoms with Gasteiger partial charge in [-0.3, -0.25) is 18.3 Å². The fourth-order valence-corrected chi connectivity index (χ4v) is 8.50. The number of fused-ring (bicyclic) bond motifs is 4. The first-order valence-electron chi connectivity index (χ1n) is 21.5. The van der Waals surface area contributed by atoms with Gasteiger partial charge < -0.3 is 14.0 Å². The normalized spacial score (nSPS) is 11.0. The van der Waals surface area contributed by atoms with Crippen molar-refractivity contribution in [2.75, 3.05) is 20.6 Å². The molecular weight excluding hydrogens is 873 g/mol. The van der Waals surface area contributed by atoms with Crippen LogP contribution in [-0.4, -0.2) is 62.9 Å². The number of hydrogen-bond donors (Lipinski definition) is 0. The highest BCUT2D eigenvalue weighted by Crippen LogP contribution is 2.23. The van der Waals surface area contributed by atoms with Gasteiger partial charge in [-0.2, -0.15) is 10.5 Å². The predicted octanol–water partition coefficient (Wildman–Crippen LogP) is 9.45.